The highest BCUT2D eigenvalue weighted by Gasteiger charge is 2.26. The average Bonchev–Trinajstić information content (AvgIpc) is 2.61. The molecule has 0 heterocycles. The Morgan fingerprint density at radius 1 is 0.565 bits per heavy atom. The van der Waals surface area contributed by atoms with Gasteiger partial charge in [0.1, 0.15) is 0 Å². The molecule has 0 aliphatic heterocycles. The summed E-state index contributed by atoms with van der Waals surface area (Å²) in [6.45, 7) is 0. The Morgan fingerprint density at radius 2 is 1.09 bits per heavy atom. The molecule has 1 aliphatic carbocycles. The van der Waals surface area contributed by atoms with Crippen LogP contribution in [0.2, 0.25) is 0 Å². The Bertz CT molecular complexity index is 1110. The van der Waals surface area contributed by atoms with Crippen LogP contribution in [0.4, 0.5) is 0 Å². The standard InChI is InChI=1S/C22H14O/c23-20-13-14-7-1-2-8-15(14)21-18-11-5-3-9-16(18)17-10-4-6-12-19(17)22(20)21/h1-12H,13H2. The van der Waals surface area contributed by atoms with E-state index < -0.39 is 0 Å². The van der Waals surface area contributed by atoms with Gasteiger partial charge in [-0.3, -0.25) is 4.79 Å². The summed E-state index contributed by atoms with van der Waals surface area (Å²) in [6, 6.07) is 24.9. The molecule has 0 unspecified atom stereocenters. The van der Waals surface area contributed by atoms with Gasteiger partial charge < -0.3 is 0 Å². The first-order chi connectivity index (χ1) is 11.3. The number of hydrogen-bond acceptors (Lipinski definition) is 1. The van der Waals surface area contributed by atoms with E-state index in [-0.39, 0.29) is 5.78 Å². The van der Waals surface area contributed by atoms with Crippen molar-refractivity contribution in [3.63, 3.8) is 0 Å². The van der Waals surface area contributed by atoms with Gasteiger partial charge in [0.2, 0.25) is 0 Å². The van der Waals surface area contributed by atoms with Crippen molar-refractivity contribution in [2.75, 3.05) is 0 Å². The zero-order valence-electron chi connectivity index (χ0n) is 12.5. The summed E-state index contributed by atoms with van der Waals surface area (Å²) in [5.41, 5.74) is 4.32. The fraction of sp³-hybridized carbons (Fsp3) is 0.0455. The smallest absolute Gasteiger partial charge is 0.168 e. The zero-order valence-corrected chi connectivity index (χ0v) is 12.5. The third-order valence-electron chi connectivity index (χ3n) is 4.85. The maximum atomic E-state index is 12.9. The minimum absolute atomic E-state index is 0.223. The molecule has 0 spiro atoms. The fourth-order valence-electron chi connectivity index (χ4n) is 3.89. The summed E-state index contributed by atoms with van der Waals surface area (Å²) in [6.07, 6.45) is 0.492. The van der Waals surface area contributed by atoms with E-state index in [1.165, 1.54) is 16.3 Å². The van der Waals surface area contributed by atoms with Crippen LogP contribution in [0.15, 0.2) is 72.8 Å². The van der Waals surface area contributed by atoms with Crippen molar-refractivity contribution in [2.24, 2.45) is 0 Å². The molecular formula is C22H14O. The maximum absolute atomic E-state index is 12.9. The molecule has 0 N–H and O–H groups in total. The van der Waals surface area contributed by atoms with Crippen molar-refractivity contribution in [2.45, 2.75) is 6.42 Å². The third-order valence-corrected chi connectivity index (χ3v) is 4.85. The van der Waals surface area contributed by atoms with Gasteiger partial charge in [0.05, 0.1) is 0 Å². The van der Waals surface area contributed by atoms with E-state index in [1.807, 2.05) is 18.2 Å². The molecule has 108 valence electrons. The molecule has 0 aromatic heterocycles. The van der Waals surface area contributed by atoms with Gasteiger partial charge in [-0.25, -0.2) is 0 Å². The third kappa shape index (κ3) is 1.65. The van der Waals surface area contributed by atoms with Crippen LogP contribution in [-0.2, 0) is 6.42 Å². The summed E-state index contributed by atoms with van der Waals surface area (Å²) in [5, 5.41) is 4.61. The largest absolute Gasteiger partial charge is 0.294 e. The Balaban J connectivity index is 2.11. The first-order valence-corrected chi connectivity index (χ1v) is 7.89. The second-order valence-electron chi connectivity index (χ2n) is 6.10. The number of hydrogen-bond donors (Lipinski definition) is 0. The molecule has 0 atom stereocenters. The summed E-state index contributed by atoms with van der Waals surface area (Å²) < 4.78 is 0. The zero-order chi connectivity index (χ0) is 15.4. The molecule has 4 aromatic carbocycles. The maximum Gasteiger partial charge on any atom is 0.168 e. The average molecular weight is 294 g/mol. The van der Waals surface area contributed by atoms with Gasteiger partial charge in [0.15, 0.2) is 5.78 Å². The number of Topliss-reactive ketones (excluding diaryl/α,β-unsaturated/α-hetero) is 1. The minimum Gasteiger partial charge on any atom is -0.294 e. The van der Waals surface area contributed by atoms with Gasteiger partial charge in [-0.1, -0.05) is 72.8 Å². The second kappa shape index (κ2) is 4.53. The monoisotopic (exact) mass is 294 g/mol. The van der Waals surface area contributed by atoms with E-state index in [1.54, 1.807) is 0 Å². The molecule has 4 aromatic rings. The van der Waals surface area contributed by atoms with Crippen LogP contribution >= 0.6 is 0 Å². The number of rotatable bonds is 0. The van der Waals surface area contributed by atoms with Gasteiger partial charge in [0, 0.05) is 17.5 Å². The number of benzene rings is 4. The first kappa shape index (κ1) is 12.6. The molecular weight excluding hydrogens is 280 g/mol. The van der Waals surface area contributed by atoms with E-state index in [2.05, 4.69) is 54.6 Å². The highest BCUT2D eigenvalue weighted by atomic mass is 16.1. The van der Waals surface area contributed by atoms with Crippen LogP contribution < -0.4 is 0 Å². The van der Waals surface area contributed by atoms with Gasteiger partial charge in [-0.05, 0) is 32.7 Å². The molecule has 1 heteroatoms. The van der Waals surface area contributed by atoms with Crippen molar-refractivity contribution in [3.05, 3.63) is 83.9 Å². The fourth-order valence-corrected chi connectivity index (χ4v) is 3.89. The Morgan fingerprint density at radius 3 is 1.78 bits per heavy atom. The lowest BCUT2D eigenvalue weighted by Gasteiger charge is -2.23. The predicted molar refractivity (Wildman–Crippen MR) is 94.9 cm³/mol. The molecule has 0 amide bonds. The van der Waals surface area contributed by atoms with Crippen LogP contribution in [0, 0.1) is 0 Å². The van der Waals surface area contributed by atoms with Gasteiger partial charge in [-0.15, -0.1) is 0 Å². The molecule has 0 saturated heterocycles. The highest BCUT2D eigenvalue weighted by Crippen LogP contribution is 2.43. The SMILES string of the molecule is O=C1Cc2ccccc2-c2c1c1ccccc1c1ccccc21. The lowest BCUT2D eigenvalue weighted by Crippen LogP contribution is -2.13. The number of ketones is 1. The van der Waals surface area contributed by atoms with Gasteiger partial charge in [0.25, 0.3) is 0 Å². The van der Waals surface area contributed by atoms with Crippen molar-refractivity contribution < 1.29 is 4.79 Å². The highest BCUT2D eigenvalue weighted by molar-refractivity contribution is 6.26. The van der Waals surface area contributed by atoms with E-state index in [9.17, 15) is 4.79 Å². The van der Waals surface area contributed by atoms with E-state index in [4.69, 9.17) is 0 Å². The second-order valence-corrected chi connectivity index (χ2v) is 6.10. The molecule has 1 nitrogen and oxygen atoms in total. The topological polar surface area (TPSA) is 17.1 Å². The number of carbonyl (C=O) groups is 1. The van der Waals surface area contributed by atoms with Gasteiger partial charge >= 0.3 is 0 Å². The van der Waals surface area contributed by atoms with Crippen molar-refractivity contribution in [3.8, 4) is 11.1 Å². The van der Waals surface area contributed by atoms with Crippen molar-refractivity contribution in [1.82, 2.24) is 0 Å². The van der Waals surface area contributed by atoms with E-state index >= 15 is 0 Å². The van der Waals surface area contributed by atoms with Crippen LogP contribution in [0.5, 0.6) is 0 Å². The van der Waals surface area contributed by atoms with Crippen LogP contribution in [0.3, 0.4) is 0 Å². The molecule has 1 aliphatic rings. The first-order valence-electron chi connectivity index (χ1n) is 7.89. The van der Waals surface area contributed by atoms with Crippen LogP contribution in [-0.4, -0.2) is 5.78 Å². The molecule has 5 rings (SSSR count). The summed E-state index contributed by atoms with van der Waals surface area (Å²) in [5.74, 6) is 0.223. The molecule has 23 heavy (non-hydrogen) atoms. The summed E-state index contributed by atoms with van der Waals surface area (Å²) >= 11 is 0. The van der Waals surface area contributed by atoms with Gasteiger partial charge in [-0.2, -0.15) is 0 Å². The quantitative estimate of drug-likeness (QED) is 0.397. The molecule has 0 bridgehead atoms. The molecule has 0 saturated carbocycles. The molecule has 0 fully saturated rings. The van der Waals surface area contributed by atoms with Crippen LogP contribution in [0.25, 0.3) is 32.7 Å². The lowest BCUT2D eigenvalue weighted by atomic mass is 9.79. The predicted octanol–water partition coefficient (Wildman–Crippen LogP) is 5.40. The molecule has 0 radical (unpaired) electrons. The van der Waals surface area contributed by atoms with E-state index in [0.29, 0.717) is 6.42 Å². The van der Waals surface area contributed by atoms with Crippen molar-refractivity contribution in [1.29, 1.82) is 0 Å². The van der Waals surface area contributed by atoms with Crippen LogP contribution in [0.1, 0.15) is 15.9 Å². The summed E-state index contributed by atoms with van der Waals surface area (Å²) in [4.78, 5) is 12.9. The van der Waals surface area contributed by atoms with E-state index in [0.717, 1.165) is 27.5 Å². The summed E-state index contributed by atoms with van der Waals surface area (Å²) in [7, 11) is 0. The minimum atomic E-state index is 0.223. The normalized spacial score (nSPS) is 13.1. The number of carbonyl (C=O) groups excluding carboxylic acids is 1. The Labute approximate surface area is 134 Å². The Hall–Kier alpha value is -2.93. The lowest BCUT2D eigenvalue weighted by molar-refractivity contribution is 0.0993. The van der Waals surface area contributed by atoms with Crippen molar-refractivity contribution >= 4 is 27.3 Å². The Kier molecular flexibility index (Phi) is 2.48. The number of fused-ring (bicyclic) bond motifs is 8.